The van der Waals surface area contributed by atoms with Gasteiger partial charge in [0.2, 0.25) is 5.82 Å². The Morgan fingerprint density at radius 1 is 1.42 bits per heavy atom. The van der Waals surface area contributed by atoms with Gasteiger partial charge in [-0.25, -0.2) is 4.79 Å². The number of carbonyl (C=O) groups is 1. The first-order valence-corrected chi connectivity index (χ1v) is 7.61. The van der Waals surface area contributed by atoms with Crippen molar-refractivity contribution in [3.05, 3.63) is 45.9 Å². The number of methoxy groups -OCH3 is 2. The van der Waals surface area contributed by atoms with E-state index in [1.165, 1.54) is 37.1 Å². The first-order chi connectivity index (χ1) is 12.3. The number of aliphatic hydroxyl groups is 1. The molecule has 26 heavy (non-hydrogen) atoms. The lowest BCUT2D eigenvalue weighted by molar-refractivity contribution is -0.389. The van der Waals surface area contributed by atoms with E-state index in [1.54, 1.807) is 13.0 Å². The van der Waals surface area contributed by atoms with Crippen LogP contribution >= 0.6 is 0 Å². The smallest absolute Gasteiger partial charge is 0.381 e. The molecule has 0 aliphatic carbocycles. The number of hydrogen-bond acceptors (Lipinski definition) is 8. The molecule has 0 aliphatic heterocycles. The number of carbonyl (C=O) groups excluding carboxylic acids is 1. The molecule has 1 N–H and O–H groups in total. The van der Waals surface area contributed by atoms with Gasteiger partial charge in [-0.05, 0) is 22.0 Å². The summed E-state index contributed by atoms with van der Waals surface area (Å²) in [6.07, 6.45) is 0.253. The molecule has 10 heteroatoms. The van der Waals surface area contributed by atoms with Gasteiger partial charge in [0.05, 0.1) is 20.8 Å². The molecule has 0 bridgehead atoms. The number of aliphatic hydroxyl groups excluding tert-OH is 1. The van der Waals surface area contributed by atoms with Crippen LogP contribution in [0.3, 0.4) is 0 Å². The van der Waals surface area contributed by atoms with Crippen LogP contribution in [0.4, 0.5) is 5.82 Å². The normalized spacial score (nSPS) is 11.7. The summed E-state index contributed by atoms with van der Waals surface area (Å²) in [5, 5.41) is 20.9. The van der Waals surface area contributed by atoms with Crippen LogP contribution in [-0.4, -0.2) is 52.5 Å². The van der Waals surface area contributed by atoms with E-state index >= 15 is 0 Å². The van der Waals surface area contributed by atoms with Crippen molar-refractivity contribution in [2.75, 3.05) is 20.8 Å². The Balaban J connectivity index is 2.08. The zero-order valence-electron chi connectivity index (χ0n) is 14.5. The lowest BCUT2D eigenvalue weighted by Gasteiger charge is -2.15. The molecule has 2 rings (SSSR count). The van der Waals surface area contributed by atoms with E-state index in [9.17, 15) is 20.0 Å². The standard InChI is InChI=1S/C16H19N3O7/c1-10-17-15(19(22)23)8-18(10)7-11(20)9-26-14-6-12(24-2)4-5-13(14)16(21)25-3/h4-6,8,11,20H,7,9H2,1-3H3/t11-/m1/s1. The van der Waals surface area contributed by atoms with Crippen LogP contribution in [-0.2, 0) is 11.3 Å². The van der Waals surface area contributed by atoms with Crippen LogP contribution in [0.15, 0.2) is 24.4 Å². The maximum atomic E-state index is 11.8. The van der Waals surface area contributed by atoms with Crippen LogP contribution in [0.5, 0.6) is 11.5 Å². The highest BCUT2D eigenvalue weighted by molar-refractivity contribution is 5.92. The van der Waals surface area contributed by atoms with Crippen LogP contribution in [0, 0.1) is 17.0 Å². The summed E-state index contributed by atoms with van der Waals surface area (Å²) in [5.74, 6) is 0.189. The van der Waals surface area contributed by atoms with Gasteiger partial charge in [0, 0.05) is 13.0 Å². The predicted octanol–water partition coefficient (Wildman–Crippen LogP) is 1.33. The summed E-state index contributed by atoms with van der Waals surface area (Å²) in [6, 6.07) is 4.59. The van der Waals surface area contributed by atoms with Gasteiger partial charge in [0.25, 0.3) is 0 Å². The SMILES string of the molecule is COC(=O)c1ccc(OC)cc1OC[C@H](O)Cn1cc([N+](=O)[O-])nc1C. The van der Waals surface area contributed by atoms with Gasteiger partial charge < -0.3 is 34.0 Å². The number of esters is 1. The number of rotatable bonds is 8. The number of aryl methyl sites for hydroxylation is 1. The maximum Gasteiger partial charge on any atom is 0.381 e. The highest BCUT2D eigenvalue weighted by Crippen LogP contribution is 2.25. The number of nitrogens with zero attached hydrogens (tertiary/aromatic N) is 3. The summed E-state index contributed by atoms with van der Waals surface area (Å²) < 4.78 is 16.8. The lowest BCUT2D eigenvalue weighted by atomic mass is 10.2. The Hall–Kier alpha value is -3.14. The molecule has 0 saturated heterocycles. The van der Waals surface area contributed by atoms with Crippen LogP contribution in [0.2, 0.25) is 0 Å². The molecule has 1 aromatic carbocycles. The molecule has 0 saturated carbocycles. The van der Waals surface area contributed by atoms with Crippen LogP contribution in [0.25, 0.3) is 0 Å². The number of nitro groups is 1. The second kappa shape index (κ2) is 8.30. The fourth-order valence-corrected chi connectivity index (χ4v) is 2.26. The topological polar surface area (TPSA) is 126 Å². The average Bonchev–Trinajstić information content (AvgIpc) is 2.99. The van der Waals surface area contributed by atoms with E-state index in [-0.39, 0.29) is 30.3 Å². The zero-order chi connectivity index (χ0) is 19.3. The second-order valence-corrected chi connectivity index (χ2v) is 5.37. The van der Waals surface area contributed by atoms with Gasteiger partial charge in [0.1, 0.15) is 36.0 Å². The molecule has 1 aromatic heterocycles. The Morgan fingerprint density at radius 2 is 2.15 bits per heavy atom. The zero-order valence-corrected chi connectivity index (χ0v) is 14.5. The Bertz CT molecular complexity index is 803. The highest BCUT2D eigenvalue weighted by Gasteiger charge is 2.19. The maximum absolute atomic E-state index is 11.8. The second-order valence-electron chi connectivity index (χ2n) is 5.37. The van der Waals surface area contributed by atoms with Gasteiger partial charge in [-0.3, -0.25) is 0 Å². The molecular formula is C16H19N3O7. The third-order valence-corrected chi connectivity index (χ3v) is 3.58. The van der Waals surface area contributed by atoms with Crippen molar-refractivity contribution in [3.8, 4) is 11.5 Å². The van der Waals surface area contributed by atoms with Gasteiger partial charge in [-0.15, -0.1) is 0 Å². The van der Waals surface area contributed by atoms with Crippen LogP contribution in [0.1, 0.15) is 16.2 Å². The van der Waals surface area contributed by atoms with E-state index in [2.05, 4.69) is 4.98 Å². The van der Waals surface area contributed by atoms with Crippen LogP contribution < -0.4 is 9.47 Å². The summed E-state index contributed by atoms with van der Waals surface area (Å²) in [5.41, 5.74) is 0.190. The molecule has 2 aromatic rings. The molecule has 0 spiro atoms. The number of ether oxygens (including phenoxy) is 3. The fraction of sp³-hybridized carbons (Fsp3) is 0.375. The minimum atomic E-state index is -0.987. The molecule has 0 amide bonds. The van der Waals surface area contributed by atoms with Gasteiger partial charge >= 0.3 is 11.8 Å². The molecule has 10 nitrogen and oxygen atoms in total. The Labute approximate surface area is 149 Å². The number of imidazole rings is 1. The van der Waals surface area contributed by atoms with E-state index in [4.69, 9.17) is 14.2 Å². The number of hydrogen-bond donors (Lipinski definition) is 1. The summed E-state index contributed by atoms with van der Waals surface area (Å²) >= 11 is 0. The summed E-state index contributed by atoms with van der Waals surface area (Å²) in [7, 11) is 2.72. The van der Waals surface area contributed by atoms with Gasteiger partial charge in [-0.2, -0.15) is 0 Å². The first kappa shape index (κ1) is 19.2. The minimum absolute atomic E-state index is 0.0458. The van der Waals surface area contributed by atoms with Crippen molar-refractivity contribution < 1.29 is 29.0 Å². The molecule has 140 valence electrons. The van der Waals surface area contributed by atoms with Crippen molar-refractivity contribution in [2.24, 2.45) is 0 Å². The monoisotopic (exact) mass is 365 g/mol. The van der Waals surface area contributed by atoms with E-state index < -0.39 is 17.0 Å². The quantitative estimate of drug-likeness (QED) is 0.422. The molecular weight excluding hydrogens is 346 g/mol. The molecule has 0 fully saturated rings. The number of aromatic nitrogens is 2. The molecule has 0 aliphatic rings. The largest absolute Gasteiger partial charge is 0.497 e. The molecule has 0 unspecified atom stereocenters. The van der Waals surface area contributed by atoms with Crippen molar-refractivity contribution >= 4 is 11.8 Å². The number of benzene rings is 1. The highest BCUT2D eigenvalue weighted by atomic mass is 16.6. The fourth-order valence-electron chi connectivity index (χ4n) is 2.26. The summed E-state index contributed by atoms with van der Waals surface area (Å²) in [4.78, 5) is 25.7. The Morgan fingerprint density at radius 3 is 2.73 bits per heavy atom. The lowest BCUT2D eigenvalue weighted by Crippen LogP contribution is -2.24. The summed E-state index contributed by atoms with van der Waals surface area (Å²) in [6.45, 7) is 1.49. The van der Waals surface area contributed by atoms with Gasteiger partial charge in [-0.1, -0.05) is 0 Å². The Kier molecular flexibility index (Phi) is 6.12. The van der Waals surface area contributed by atoms with Crippen molar-refractivity contribution in [1.29, 1.82) is 0 Å². The van der Waals surface area contributed by atoms with Crippen molar-refractivity contribution in [3.63, 3.8) is 0 Å². The van der Waals surface area contributed by atoms with E-state index in [1.807, 2.05) is 0 Å². The predicted molar refractivity (Wildman–Crippen MR) is 89.5 cm³/mol. The molecule has 1 heterocycles. The molecule has 1 atom stereocenters. The van der Waals surface area contributed by atoms with E-state index in [0.717, 1.165) is 0 Å². The third-order valence-electron chi connectivity index (χ3n) is 3.58. The van der Waals surface area contributed by atoms with Gasteiger partial charge in [0.15, 0.2) is 0 Å². The molecule has 0 radical (unpaired) electrons. The average molecular weight is 365 g/mol. The minimum Gasteiger partial charge on any atom is -0.497 e. The van der Waals surface area contributed by atoms with E-state index in [0.29, 0.717) is 11.6 Å². The van der Waals surface area contributed by atoms with Crippen molar-refractivity contribution in [1.82, 2.24) is 9.55 Å². The first-order valence-electron chi connectivity index (χ1n) is 7.61. The van der Waals surface area contributed by atoms with Crippen molar-refractivity contribution in [2.45, 2.75) is 19.6 Å². The third kappa shape index (κ3) is 4.48.